The maximum absolute atomic E-state index is 13.8. The summed E-state index contributed by atoms with van der Waals surface area (Å²) in [4.78, 5) is 26.4. The van der Waals surface area contributed by atoms with Crippen molar-refractivity contribution in [2.24, 2.45) is 5.92 Å². The van der Waals surface area contributed by atoms with Gasteiger partial charge in [-0.05, 0) is 55.8 Å². The number of aryl methyl sites for hydroxylation is 1. The highest BCUT2D eigenvalue weighted by Crippen LogP contribution is 2.28. The highest BCUT2D eigenvalue weighted by atomic mass is 19.1. The van der Waals surface area contributed by atoms with E-state index in [-0.39, 0.29) is 30.5 Å². The Hall–Kier alpha value is -2.89. The maximum atomic E-state index is 13.8. The lowest BCUT2D eigenvalue weighted by molar-refractivity contribution is -0.122. The summed E-state index contributed by atoms with van der Waals surface area (Å²) in [5, 5.41) is 2.60. The molecule has 2 amide bonds. The Bertz CT molecular complexity index is 820. The van der Waals surface area contributed by atoms with Gasteiger partial charge in [0, 0.05) is 18.7 Å². The van der Waals surface area contributed by atoms with Crippen LogP contribution in [0.5, 0.6) is 5.75 Å². The number of hydrogen-bond acceptors (Lipinski definition) is 3. The lowest BCUT2D eigenvalue weighted by Gasteiger charge is -2.17. The molecule has 6 heteroatoms. The molecule has 26 heavy (non-hydrogen) atoms. The van der Waals surface area contributed by atoms with Crippen molar-refractivity contribution >= 4 is 23.2 Å². The minimum absolute atomic E-state index is 0.104. The number of anilines is 2. The number of halogens is 1. The number of carbonyl (C=O) groups excluding carboxylic acids is 2. The Labute approximate surface area is 151 Å². The second kappa shape index (κ2) is 7.56. The molecule has 136 valence electrons. The first-order chi connectivity index (χ1) is 12.5. The lowest BCUT2D eigenvalue weighted by Crippen LogP contribution is -2.28. The summed E-state index contributed by atoms with van der Waals surface area (Å²) in [6, 6.07) is 11.7. The molecule has 0 radical (unpaired) electrons. The van der Waals surface area contributed by atoms with Crippen LogP contribution in [0.4, 0.5) is 15.8 Å². The van der Waals surface area contributed by atoms with Crippen molar-refractivity contribution in [2.45, 2.75) is 20.3 Å². The molecule has 1 aliphatic rings. The van der Waals surface area contributed by atoms with Crippen LogP contribution in [-0.2, 0) is 9.59 Å². The first-order valence-electron chi connectivity index (χ1n) is 8.58. The van der Waals surface area contributed by atoms with Crippen LogP contribution in [0.2, 0.25) is 0 Å². The van der Waals surface area contributed by atoms with Gasteiger partial charge in [-0.15, -0.1) is 0 Å². The SMILES string of the molecule is CCOc1ccc(N2CC(C(=O)Nc3cc(C)ccc3F)CC2=O)cc1. The molecule has 3 rings (SSSR count). The second-order valence-corrected chi connectivity index (χ2v) is 6.30. The first kappa shape index (κ1) is 17.9. The molecular weight excluding hydrogens is 335 g/mol. The van der Waals surface area contributed by atoms with Gasteiger partial charge in [-0.25, -0.2) is 4.39 Å². The first-order valence-corrected chi connectivity index (χ1v) is 8.58. The molecule has 1 saturated heterocycles. The van der Waals surface area contributed by atoms with Gasteiger partial charge in [-0.2, -0.15) is 0 Å². The quantitative estimate of drug-likeness (QED) is 0.892. The molecule has 1 N–H and O–H groups in total. The van der Waals surface area contributed by atoms with Crippen LogP contribution < -0.4 is 15.0 Å². The van der Waals surface area contributed by atoms with Crippen molar-refractivity contribution in [3.8, 4) is 5.75 Å². The van der Waals surface area contributed by atoms with Crippen molar-refractivity contribution in [1.82, 2.24) is 0 Å². The van der Waals surface area contributed by atoms with Crippen LogP contribution in [0.25, 0.3) is 0 Å². The summed E-state index contributed by atoms with van der Waals surface area (Å²) in [7, 11) is 0. The average molecular weight is 356 g/mol. The number of nitrogens with one attached hydrogen (secondary N) is 1. The summed E-state index contributed by atoms with van der Waals surface area (Å²) in [5.41, 5.74) is 1.71. The molecule has 0 aliphatic carbocycles. The van der Waals surface area contributed by atoms with E-state index in [9.17, 15) is 14.0 Å². The molecule has 1 fully saturated rings. The van der Waals surface area contributed by atoms with E-state index < -0.39 is 11.7 Å². The minimum Gasteiger partial charge on any atom is -0.494 e. The number of amides is 2. The summed E-state index contributed by atoms with van der Waals surface area (Å²) in [5.74, 6) is -0.756. The van der Waals surface area contributed by atoms with E-state index >= 15 is 0 Å². The van der Waals surface area contributed by atoms with Gasteiger partial charge in [0.2, 0.25) is 11.8 Å². The molecular formula is C20H21FN2O3. The monoisotopic (exact) mass is 356 g/mol. The van der Waals surface area contributed by atoms with E-state index in [4.69, 9.17) is 4.74 Å². The Morgan fingerprint density at radius 1 is 1.27 bits per heavy atom. The molecule has 1 heterocycles. The molecule has 2 aromatic rings. The predicted octanol–water partition coefficient (Wildman–Crippen LogP) is 3.52. The summed E-state index contributed by atoms with van der Waals surface area (Å²) in [6.07, 6.45) is 0.104. The predicted molar refractivity (Wildman–Crippen MR) is 97.8 cm³/mol. The van der Waals surface area contributed by atoms with E-state index in [0.717, 1.165) is 17.0 Å². The molecule has 5 nitrogen and oxygen atoms in total. The van der Waals surface area contributed by atoms with Gasteiger partial charge in [-0.1, -0.05) is 6.07 Å². The normalized spacial score (nSPS) is 16.7. The van der Waals surface area contributed by atoms with Gasteiger partial charge >= 0.3 is 0 Å². The van der Waals surface area contributed by atoms with Crippen molar-refractivity contribution in [1.29, 1.82) is 0 Å². The fourth-order valence-corrected chi connectivity index (χ4v) is 2.99. The number of ether oxygens (including phenoxy) is 1. The summed E-state index contributed by atoms with van der Waals surface area (Å²) in [6.45, 7) is 4.56. The van der Waals surface area contributed by atoms with E-state index in [2.05, 4.69) is 5.32 Å². The summed E-state index contributed by atoms with van der Waals surface area (Å²) < 4.78 is 19.2. The highest BCUT2D eigenvalue weighted by Gasteiger charge is 2.35. The van der Waals surface area contributed by atoms with Crippen molar-refractivity contribution in [2.75, 3.05) is 23.4 Å². The van der Waals surface area contributed by atoms with Gasteiger partial charge in [-0.3, -0.25) is 9.59 Å². The van der Waals surface area contributed by atoms with Crippen LogP contribution in [-0.4, -0.2) is 25.0 Å². The van der Waals surface area contributed by atoms with Crippen LogP contribution in [0.1, 0.15) is 18.9 Å². The molecule has 0 spiro atoms. The molecule has 1 unspecified atom stereocenters. The second-order valence-electron chi connectivity index (χ2n) is 6.30. The van der Waals surface area contributed by atoms with Gasteiger partial charge < -0.3 is 15.0 Å². The molecule has 1 aliphatic heterocycles. The Morgan fingerprint density at radius 2 is 2.00 bits per heavy atom. The largest absolute Gasteiger partial charge is 0.494 e. The number of hydrogen-bond donors (Lipinski definition) is 1. The fraction of sp³-hybridized carbons (Fsp3) is 0.300. The molecule has 0 saturated carbocycles. The van der Waals surface area contributed by atoms with E-state index in [0.29, 0.717) is 6.61 Å². The molecule has 1 atom stereocenters. The Kier molecular flexibility index (Phi) is 5.21. The highest BCUT2D eigenvalue weighted by molar-refractivity contribution is 6.03. The van der Waals surface area contributed by atoms with E-state index in [1.54, 1.807) is 41.3 Å². The average Bonchev–Trinajstić information content (AvgIpc) is 3.01. The zero-order valence-electron chi connectivity index (χ0n) is 14.8. The van der Waals surface area contributed by atoms with E-state index in [1.165, 1.54) is 6.07 Å². The third-order valence-electron chi connectivity index (χ3n) is 4.33. The van der Waals surface area contributed by atoms with Crippen LogP contribution in [0.3, 0.4) is 0 Å². The van der Waals surface area contributed by atoms with Crippen molar-refractivity contribution in [3.05, 3.63) is 53.8 Å². The van der Waals surface area contributed by atoms with Crippen LogP contribution in [0, 0.1) is 18.7 Å². The van der Waals surface area contributed by atoms with Crippen molar-refractivity contribution < 1.29 is 18.7 Å². The van der Waals surface area contributed by atoms with Crippen molar-refractivity contribution in [3.63, 3.8) is 0 Å². The van der Waals surface area contributed by atoms with Gasteiger partial charge in [0.1, 0.15) is 11.6 Å². The standard InChI is InChI=1S/C20H21FN2O3/c1-3-26-16-7-5-15(6-8-16)23-12-14(11-19(23)24)20(25)22-18-10-13(2)4-9-17(18)21/h4-10,14H,3,11-12H2,1-2H3,(H,22,25). The zero-order chi connectivity index (χ0) is 18.7. The van der Waals surface area contributed by atoms with Crippen LogP contribution in [0.15, 0.2) is 42.5 Å². The number of rotatable bonds is 5. The van der Waals surface area contributed by atoms with E-state index in [1.807, 2.05) is 13.8 Å². The smallest absolute Gasteiger partial charge is 0.229 e. The molecule has 0 bridgehead atoms. The van der Waals surface area contributed by atoms with Gasteiger partial charge in [0.15, 0.2) is 0 Å². The van der Waals surface area contributed by atoms with Gasteiger partial charge in [0.05, 0.1) is 18.2 Å². The lowest BCUT2D eigenvalue weighted by atomic mass is 10.1. The maximum Gasteiger partial charge on any atom is 0.229 e. The molecule has 0 aromatic heterocycles. The number of benzene rings is 2. The Balaban J connectivity index is 1.68. The summed E-state index contributed by atoms with van der Waals surface area (Å²) >= 11 is 0. The van der Waals surface area contributed by atoms with Crippen LogP contribution >= 0.6 is 0 Å². The zero-order valence-corrected chi connectivity index (χ0v) is 14.8. The molecule has 2 aromatic carbocycles. The third-order valence-corrected chi connectivity index (χ3v) is 4.33. The number of carbonyl (C=O) groups is 2. The topological polar surface area (TPSA) is 58.6 Å². The Morgan fingerprint density at radius 3 is 2.69 bits per heavy atom. The fourth-order valence-electron chi connectivity index (χ4n) is 2.99. The number of nitrogens with zero attached hydrogens (tertiary/aromatic N) is 1. The van der Waals surface area contributed by atoms with Gasteiger partial charge in [0.25, 0.3) is 0 Å². The third kappa shape index (κ3) is 3.85. The minimum atomic E-state index is -0.519.